The number of ether oxygens (including phenoxy) is 1. The Balaban J connectivity index is 1.73. The molecule has 1 aliphatic heterocycles. The molecule has 0 radical (unpaired) electrons. The molecule has 0 bridgehead atoms. The van der Waals surface area contributed by atoms with Crippen LogP contribution in [0.2, 0.25) is 0 Å². The molecule has 2 aromatic carbocycles. The van der Waals surface area contributed by atoms with E-state index in [9.17, 15) is 4.79 Å². The molecule has 3 nitrogen and oxygen atoms in total. The molecule has 3 aromatic rings. The van der Waals surface area contributed by atoms with Crippen LogP contribution in [0.1, 0.15) is 22.8 Å². The summed E-state index contributed by atoms with van der Waals surface area (Å²) in [6.45, 7) is 0. The van der Waals surface area contributed by atoms with Gasteiger partial charge in [0.05, 0.1) is 10.9 Å². The van der Waals surface area contributed by atoms with Crippen molar-refractivity contribution >= 4 is 11.0 Å². The standard InChI is InChI=1S/C19H14O3/c20-19-15-10-12-9-11-5-1-2-6-13(11)17(12)22-18(15)14-7-3-4-8-16(14)21-19/h1-8,12,17H,9-10H2. The van der Waals surface area contributed by atoms with Crippen molar-refractivity contribution in [1.82, 2.24) is 0 Å². The molecule has 22 heavy (non-hydrogen) atoms. The first-order valence-electron chi connectivity index (χ1n) is 7.60. The molecular weight excluding hydrogens is 276 g/mol. The lowest BCUT2D eigenvalue weighted by Gasteiger charge is -2.29. The predicted molar refractivity (Wildman–Crippen MR) is 83.2 cm³/mol. The average molecular weight is 290 g/mol. The molecule has 1 aliphatic carbocycles. The number of rotatable bonds is 0. The summed E-state index contributed by atoms with van der Waals surface area (Å²) in [5.41, 5.74) is 3.61. The van der Waals surface area contributed by atoms with Crippen LogP contribution < -0.4 is 10.4 Å². The summed E-state index contributed by atoms with van der Waals surface area (Å²) in [5, 5.41) is 0.889. The van der Waals surface area contributed by atoms with Gasteiger partial charge in [0.15, 0.2) is 0 Å². The van der Waals surface area contributed by atoms with E-state index >= 15 is 0 Å². The number of hydrogen-bond acceptors (Lipinski definition) is 3. The first kappa shape index (κ1) is 12.0. The molecule has 0 saturated heterocycles. The van der Waals surface area contributed by atoms with E-state index in [1.165, 1.54) is 11.1 Å². The van der Waals surface area contributed by atoms with Gasteiger partial charge in [0.2, 0.25) is 0 Å². The Labute approximate surface area is 127 Å². The predicted octanol–water partition coefficient (Wildman–Crippen LogP) is 3.64. The Bertz CT molecular complexity index is 954. The summed E-state index contributed by atoms with van der Waals surface area (Å²) in [4.78, 5) is 12.3. The number of hydrogen-bond donors (Lipinski definition) is 0. The van der Waals surface area contributed by atoms with Gasteiger partial charge in [-0.2, -0.15) is 0 Å². The van der Waals surface area contributed by atoms with E-state index in [-0.39, 0.29) is 11.7 Å². The van der Waals surface area contributed by atoms with Crippen LogP contribution >= 0.6 is 0 Å². The smallest absolute Gasteiger partial charge is 0.343 e. The zero-order valence-electron chi connectivity index (χ0n) is 11.9. The minimum Gasteiger partial charge on any atom is -0.484 e. The van der Waals surface area contributed by atoms with Crippen LogP contribution in [0.15, 0.2) is 57.7 Å². The first-order valence-corrected chi connectivity index (χ1v) is 7.60. The maximum Gasteiger partial charge on any atom is 0.343 e. The fraction of sp³-hybridized carbons (Fsp3) is 0.211. The molecule has 0 saturated carbocycles. The van der Waals surface area contributed by atoms with Crippen molar-refractivity contribution in [2.75, 3.05) is 0 Å². The highest BCUT2D eigenvalue weighted by atomic mass is 16.5. The Morgan fingerprint density at radius 3 is 2.73 bits per heavy atom. The van der Waals surface area contributed by atoms with Gasteiger partial charge in [0.25, 0.3) is 0 Å². The third kappa shape index (κ3) is 1.54. The van der Waals surface area contributed by atoms with Crippen LogP contribution in [-0.2, 0) is 12.8 Å². The van der Waals surface area contributed by atoms with Crippen molar-refractivity contribution in [2.24, 2.45) is 5.92 Å². The molecule has 0 fully saturated rings. The lowest BCUT2D eigenvalue weighted by molar-refractivity contribution is 0.128. The van der Waals surface area contributed by atoms with E-state index in [1.807, 2.05) is 24.3 Å². The number of fused-ring (bicyclic) bond motifs is 6. The molecule has 2 aliphatic rings. The molecule has 2 atom stereocenters. The van der Waals surface area contributed by atoms with Crippen LogP contribution in [0.25, 0.3) is 11.0 Å². The van der Waals surface area contributed by atoms with Gasteiger partial charge in [-0.3, -0.25) is 0 Å². The van der Waals surface area contributed by atoms with Gasteiger partial charge in [-0.25, -0.2) is 4.79 Å². The molecule has 1 aromatic heterocycles. The van der Waals surface area contributed by atoms with Gasteiger partial charge in [0.1, 0.15) is 17.4 Å². The molecule has 0 spiro atoms. The third-order valence-electron chi connectivity index (χ3n) is 4.84. The second kappa shape index (κ2) is 4.23. The Hall–Kier alpha value is -2.55. The van der Waals surface area contributed by atoms with E-state index in [0.29, 0.717) is 22.8 Å². The molecule has 0 amide bonds. The van der Waals surface area contributed by atoms with Gasteiger partial charge in [-0.1, -0.05) is 36.4 Å². The molecule has 0 N–H and O–H groups in total. The number of para-hydroxylation sites is 1. The summed E-state index contributed by atoms with van der Waals surface area (Å²) >= 11 is 0. The van der Waals surface area contributed by atoms with E-state index in [4.69, 9.17) is 9.15 Å². The van der Waals surface area contributed by atoms with E-state index in [0.717, 1.165) is 18.2 Å². The quantitative estimate of drug-likeness (QED) is 0.593. The Morgan fingerprint density at radius 2 is 1.77 bits per heavy atom. The second-order valence-corrected chi connectivity index (χ2v) is 6.10. The lowest BCUT2D eigenvalue weighted by Crippen LogP contribution is -2.27. The minimum atomic E-state index is -0.261. The van der Waals surface area contributed by atoms with Gasteiger partial charge in [-0.15, -0.1) is 0 Å². The van der Waals surface area contributed by atoms with Gasteiger partial charge in [-0.05, 0) is 36.1 Å². The van der Waals surface area contributed by atoms with Crippen molar-refractivity contribution in [3.63, 3.8) is 0 Å². The van der Waals surface area contributed by atoms with Crippen LogP contribution in [0, 0.1) is 5.92 Å². The van der Waals surface area contributed by atoms with Crippen molar-refractivity contribution < 1.29 is 9.15 Å². The Morgan fingerprint density at radius 1 is 0.955 bits per heavy atom. The second-order valence-electron chi connectivity index (χ2n) is 6.10. The Kier molecular flexibility index (Phi) is 2.31. The highest BCUT2D eigenvalue weighted by Crippen LogP contribution is 2.47. The zero-order chi connectivity index (χ0) is 14.7. The van der Waals surface area contributed by atoms with Crippen molar-refractivity contribution in [3.05, 3.63) is 75.6 Å². The molecule has 5 rings (SSSR count). The van der Waals surface area contributed by atoms with Gasteiger partial charge in [0, 0.05) is 5.92 Å². The van der Waals surface area contributed by atoms with Gasteiger partial charge < -0.3 is 9.15 Å². The normalized spacial score (nSPS) is 21.8. The van der Waals surface area contributed by atoms with Crippen LogP contribution in [0.5, 0.6) is 5.75 Å². The molecule has 3 heteroatoms. The largest absolute Gasteiger partial charge is 0.484 e. The summed E-state index contributed by atoms with van der Waals surface area (Å²) in [5.74, 6) is 1.04. The highest BCUT2D eigenvalue weighted by Gasteiger charge is 2.39. The minimum absolute atomic E-state index is 0.0499. The van der Waals surface area contributed by atoms with E-state index < -0.39 is 0 Å². The maximum atomic E-state index is 12.3. The van der Waals surface area contributed by atoms with Crippen molar-refractivity contribution in [1.29, 1.82) is 0 Å². The monoisotopic (exact) mass is 290 g/mol. The van der Waals surface area contributed by atoms with Crippen molar-refractivity contribution in [2.45, 2.75) is 18.9 Å². The lowest BCUT2D eigenvalue weighted by atomic mass is 9.91. The van der Waals surface area contributed by atoms with Crippen molar-refractivity contribution in [3.8, 4) is 5.75 Å². The molecule has 2 heterocycles. The average Bonchev–Trinajstić information content (AvgIpc) is 2.91. The molecule has 108 valence electrons. The molecular formula is C19H14O3. The van der Waals surface area contributed by atoms with Crippen LogP contribution in [0.3, 0.4) is 0 Å². The van der Waals surface area contributed by atoms with Gasteiger partial charge >= 0.3 is 5.63 Å². The number of benzene rings is 2. The van der Waals surface area contributed by atoms with E-state index in [1.54, 1.807) is 0 Å². The summed E-state index contributed by atoms with van der Waals surface area (Å²) in [6.07, 6.45) is 1.74. The summed E-state index contributed by atoms with van der Waals surface area (Å²) < 4.78 is 11.8. The highest BCUT2D eigenvalue weighted by molar-refractivity contribution is 5.84. The summed E-state index contributed by atoms with van der Waals surface area (Å²) in [6, 6.07) is 16.0. The van der Waals surface area contributed by atoms with Crippen LogP contribution in [0.4, 0.5) is 0 Å². The summed E-state index contributed by atoms with van der Waals surface area (Å²) in [7, 11) is 0. The van der Waals surface area contributed by atoms with Crippen LogP contribution in [-0.4, -0.2) is 0 Å². The fourth-order valence-corrected chi connectivity index (χ4v) is 3.84. The SMILES string of the molecule is O=c1oc2ccccc2c2c1CC1Cc3ccccc3C1O2. The third-order valence-corrected chi connectivity index (χ3v) is 4.84. The van der Waals surface area contributed by atoms with E-state index in [2.05, 4.69) is 24.3 Å². The fourth-order valence-electron chi connectivity index (χ4n) is 3.84. The first-order chi connectivity index (χ1) is 10.8. The maximum absolute atomic E-state index is 12.3. The topological polar surface area (TPSA) is 39.4 Å². The molecule has 2 unspecified atom stereocenters. The zero-order valence-corrected chi connectivity index (χ0v) is 11.9.